The summed E-state index contributed by atoms with van der Waals surface area (Å²) in [6, 6.07) is 12.3. The smallest absolute Gasteiger partial charge is 0.160 e. The Kier molecular flexibility index (Phi) is 4.99. The molecule has 10 nitrogen and oxygen atoms in total. The molecule has 10 heteroatoms. The zero-order valence-corrected chi connectivity index (χ0v) is 19.0. The van der Waals surface area contributed by atoms with Crippen molar-refractivity contribution in [1.82, 2.24) is 34.5 Å². The van der Waals surface area contributed by atoms with Crippen molar-refractivity contribution in [3.63, 3.8) is 0 Å². The summed E-state index contributed by atoms with van der Waals surface area (Å²) in [5.41, 5.74) is 4.78. The third-order valence-electron chi connectivity index (χ3n) is 6.29. The second-order valence-electron chi connectivity index (χ2n) is 8.46. The standard InChI is InChI=1S/C24H25N9O/c1-16-11-17(3-4-21(16)34-19-6-9-32-22(12-19)26-14-28-32)30-24-23-20(7-10-33(23)29-15-27-24)31-8-5-18(13-31)25-2/h3-4,6-7,9-12,14-15,18,25H,5,8,13H2,1-2H3,(H,27,29,30). The second-order valence-corrected chi connectivity index (χ2v) is 8.46. The van der Waals surface area contributed by atoms with Gasteiger partial charge in [0.05, 0.1) is 5.69 Å². The monoisotopic (exact) mass is 455 g/mol. The maximum absolute atomic E-state index is 6.11. The molecule has 5 heterocycles. The van der Waals surface area contributed by atoms with E-state index in [1.54, 1.807) is 10.8 Å². The lowest BCUT2D eigenvalue weighted by Gasteiger charge is -2.19. The van der Waals surface area contributed by atoms with E-state index in [9.17, 15) is 0 Å². The summed E-state index contributed by atoms with van der Waals surface area (Å²) in [6.45, 7) is 4.00. The van der Waals surface area contributed by atoms with Crippen LogP contribution in [0.4, 0.5) is 17.2 Å². The molecule has 2 N–H and O–H groups in total. The minimum absolute atomic E-state index is 0.497. The van der Waals surface area contributed by atoms with E-state index in [1.165, 1.54) is 6.33 Å². The molecule has 0 spiro atoms. The van der Waals surface area contributed by atoms with E-state index in [1.807, 2.05) is 55.1 Å². The van der Waals surface area contributed by atoms with Crippen LogP contribution in [0.25, 0.3) is 11.2 Å². The first-order valence-corrected chi connectivity index (χ1v) is 11.3. The average Bonchev–Trinajstić information content (AvgIpc) is 3.60. The zero-order chi connectivity index (χ0) is 23.1. The fourth-order valence-electron chi connectivity index (χ4n) is 4.47. The van der Waals surface area contributed by atoms with Crippen molar-refractivity contribution < 1.29 is 4.74 Å². The van der Waals surface area contributed by atoms with Gasteiger partial charge in [0.2, 0.25) is 0 Å². The van der Waals surface area contributed by atoms with E-state index in [0.29, 0.717) is 11.8 Å². The summed E-state index contributed by atoms with van der Waals surface area (Å²) in [4.78, 5) is 11.2. The molecule has 1 fully saturated rings. The lowest BCUT2D eigenvalue weighted by Crippen LogP contribution is -2.29. The fraction of sp³-hybridized carbons (Fsp3) is 0.250. The summed E-state index contributed by atoms with van der Waals surface area (Å²) in [6.07, 6.45) is 8.03. The van der Waals surface area contributed by atoms with E-state index in [0.717, 1.165) is 59.2 Å². The molecular weight excluding hydrogens is 430 g/mol. The van der Waals surface area contributed by atoms with Crippen molar-refractivity contribution in [3.8, 4) is 11.5 Å². The Morgan fingerprint density at radius 3 is 2.71 bits per heavy atom. The molecule has 34 heavy (non-hydrogen) atoms. The number of rotatable bonds is 6. The van der Waals surface area contributed by atoms with Gasteiger partial charge in [0.15, 0.2) is 11.5 Å². The fourth-order valence-corrected chi connectivity index (χ4v) is 4.47. The number of ether oxygens (including phenoxy) is 1. The summed E-state index contributed by atoms with van der Waals surface area (Å²) >= 11 is 0. The molecule has 0 saturated carbocycles. The molecule has 0 radical (unpaired) electrons. The third kappa shape index (κ3) is 3.67. The van der Waals surface area contributed by atoms with Crippen LogP contribution in [0.1, 0.15) is 12.0 Å². The summed E-state index contributed by atoms with van der Waals surface area (Å²) in [5.74, 6) is 2.26. The molecule has 0 amide bonds. The number of likely N-dealkylation sites (N-methyl/N-ethyl adjacent to an activating group) is 1. The van der Waals surface area contributed by atoms with Crippen molar-refractivity contribution in [2.75, 3.05) is 30.4 Å². The van der Waals surface area contributed by atoms with Gasteiger partial charge in [-0.05, 0) is 56.3 Å². The van der Waals surface area contributed by atoms with Gasteiger partial charge in [0.25, 0.3) is 0 Å². The van der Waals surface area contributed by atoms with Gasteiger partial charge in [-0.15, -0.1) is 0 Å². The Labute approximate surface area is 196 Å². The third-order valence-corrected chi connectivity index (χ3v) is 6.29. The quantitative estimate of drug-likeness (QED) is 0.402. The number of aryl methyl sites for hydroxylation is 1. The highest BCUT2D eigenvalue weighted by Gasteiger charge is 2.24. The Bertz CT molecular complexity index is 1470. The van der Waals surface area contributed by atoms with E-state index in [-0.39, 0.29) is 0 Å². The lowest BCUT2D eigenvalue weighted by atomic mass is 10.2. The highest BCUT2D eigenvalue weighted by Crippen LogP contribution is 2.33. The van der Waals surface area contributed by atoms with Crippen LogP contribution in [0.2, 0.25) is 0 Å². The van der Waals surface area contributed by atoms with Gasteiger partial charge in [-0.1, -0.05) is 0 Å². The summed E-state index contributed by atoms with van der Waals surface area (Å²) < 4.78 is 9.68. The van der Waals surface area contributed by atoms with Crippen LogP contribution in [0.15, 0.2) is 61.4 Å². The SMILES string of the molecule is CNC1CCN(c2ccn3ncnc(Nc4ccc(Oc5ccn6ncnc6c5)c(C)c4)c23)C1. The Hall–Kier alpha value is -4.18. The first kappa shape index (κ1) is 20.4. The summed E-state index contributed by atoms with van der Waals surface area (Å²) in [5, 5.41) is 15.4. The molecule has 0 bridgehead atoms. The zero-order valence-electron chi connectivity index (χ0n) is 19.0. The minimum Gasteiger partial charge on any atom is -0.457 e. The normalized spacial score (nSPS) is 15.9. The second kappa shape index (κ2) is 8.31. The molecule has 1 atom stereocenters. The van der Waals surface area contributed by atoms with Gasteiger partial charge in [0.1, 0.15) is 29.7 Å². The maximum atomic E-state index is 6.11. The molecule has 172 valence electrons. The van der Waals surface area contributed by atoms with E-state index in [4.69, 9.17) is 4.74 Å². The first-order valence-electron chi connectivity index (χ1n) is 11.3. The van der Waals surface area contributed by atoms with Crippen molar-refractivity contribution >= 4 is 28.4 Å². The summed E-state index contributed by atoms with van der Waals surface area (Å²) in [7, 11) is 2.02. The molecule has 1 aliphatic heterocycles. The Morgan fingerprint density at radius 1 is 1.00 bits per heavy atom. The molecule has 1 saturated heterocycles. The predicted molar refractivity (Wildman–Crippen MR) is 130 cm³/mol. The van der Waals surface area contributed by atoms with Crippen LogP contribution in [-0.2, 0) is 0 Å². The van der Waals surface area contributed by atoms with Crippen LogP contribution in [0.5, 0.6) is 11.5 Å². The van der Waals surface area contributed by atoms with Gasteiger partial charge in [-0.3, -0.25) is 0 Å². The van der Waals surface area contributed by atoms with Gasteiger partial charge in [0, 0.05) is 43.3 Å². The topological polar surface area (TPSA) is 96.9 Å². The minimum atomic E-state index is 0.497. The molecule has 1 aliphatic rings. The number of pyridine rings is 1. The number of hydrogen-bond donors (Lipinski definition) is 2. The Balaban J connectivity index is 1.26. The van der Waals surface area contributed by atoms with Crippen LogP contribution in [-0.4, -0.2) is 55.4 Å². The molecule has 0 aliphatic carbocycles. The number of anilines is 3. The van der Waals surface area contributed by atoms with Crippen LogP contribution >= 0.6 is 0 Å². The number of nitrogens with zero attached hydrogens (tertiary/aromatic N) is 7. The number of benzene rings is 1. The van der Waals surface area contributed by atoms with Crippen LogP contribution < -0.4 is 20.3 Å². The van der Waals surface area contributed by atoms with Crippen LogP contribution in [0, 0.1) is 6.92 Å². The molecule has 1 unspecified atom stereocenters. The van der Waals surface area contributed by atoms with Gasteiger partial charge < -0.3 is 20.3 Å². The van der Waals surface area contributed by atoms with Gasteiger partial charge in [-0.2, -0.15) is 10.2 Å². The predicted octanol–water partition coefficient (Wildman–Crippen LogP) is 3.41. The van der Waals surface area contributed by atoms with Crippen LogP contribution in [0.3, 0.4) is 0 Å². The molecule has 5 aromatic rings. The van der Waals surface area contributed by atoms with E-state index in [2.05, 4.69) is 47.8 Å². The highest BCUT2D eigenvalue weighted by molar-refractivity contribution is 5.86. The van der Waals surface area contributed by atoms with Crippen molar-refractivity contribution in [3.05, 3.63) is 67.0 Å². The van der Waals surface area contributed by atoms with E-state index >= 15 is 0 Å². The highest BCUT2D eigenvalue weighted by atomic mass is 16.5. The van der Waals surface area contributed by atoms with Crippen molar-refractivity contribution in [2.24, 2.45) is 0 Å². The molecule has 6 rings (SSSR count). The van der Waals surface area contributed by atoms with Gasteiger partial charge >= 0.3 is 0 Å². The van der Waals surface area contributed by atoms with Crippen molar-refractivity contribution in [1.29, 1.82) is 0 Å². The number of aromatic nitrogens is 6. The Morgan fingerprint density at radius 2 is 1.85 bits per heavy atom. The molecular formula is C24H25N9O. The first-order chi connectivity index (χ1) is 16.7. The van der Waals surface area contributed by atoms with Crippen molar-refractivity contribution in [2.45, 2.75) is 19.4 Å². The largest absolute Gasteiger partial charge is 0.457 e. The number of fused-ring (bicyclic) bond motifs is 2. The number of nitrogens with one attached hydrogen (secondary N) is 2. The average molecular weight is 456 g/mol. The maximum Gasteiger partial charge on any atom is 0.160 e. The molecule has 4 aromatic heterocycles. The molecule has 1 aromatic carbocycles. The van der Waals surface area contributed by atoms with Gasteiger partial charge in [-0.25, -0.2) is 19.0 Å². The number of hydrogen-bond acceptors (Lipinski definition) is 8. The lowest BCUT2D eigenvalue weighted by molar-refractivity contribution is 0.478. The van der Waals surface area contributed by atoms with E-state index < -0.39 is 0 Å².